The molecule has 2 heterocycles. The first-order valence-corrected chi connectivity index (χ1v) is 6.89. The maximum Gasteiger partial charge on any atom is 0.145 e. The predicted octanol–water partition coefficient (Wildman–Crippen LogP) is 2.93. The van der Waals surface area contributed by atoms with Gasteiger partial charge in [-0.2, -0.15) is 0 Å². The summed E-state index contributed by atoms with van der Waals surface area (Å²) in [5.41, 5.74) is 3.12. The Morgan fingerprint density at radius 2 is 1.86 bits per heavy atom. The highest BCUT2D eigenvalue weighted by Crippen LogP contribution is 2.23. The number of methoxy groups -OCH3 is 1. The van der Waals surface area contributed by atoms with Crippen molar-refractivity contribution in [3.05, 3.63) is 66.1 Å². The smallest absolute Gasteiger partial charge is 0.145 e. The van der Waals surface area contributed by atoms with E-state index in [2.05, 4.69) is 21.4 Å². The van der Waals surface area contributed by atoms with Crippen LogP contribution in [0.25, 0.3) is 10.9 Å². The first-order valence-electron chi connectivity index (χ1n) is 6.89. The third-order valence-corrected chi connectivity index (χ3v) is 3.35. The number of rotatable bonds is 5. The Morgan fingerprint density at radius 3 is 2.67 bits per heavy atom. The fourth-order valence-corrected chi connectivity index (χ4v) is 2.26. The summed E-state index contributed by atoms with van der Waals surface area (Å²) in [5.74, 6) is 0.809. The average Bonchev–Trinajstić information content (AvgIpc) is 2.55. The highest BCUT2D eigenvalue weighted by molar-refractivity contribution is 5.84. The van der Waals surface area contributed by atoms with Crippen LogP contribution < -0.4 is 10.1 Å². The highest BCUT2D eigenvalue weighted by Gasteiger charge is 2.04. The number of hydrogen-bond donors (Lipinski definition) is 1. The molecule has 0 spiro atoms. The van der Waals surface area contributed by atoms with E-state index in [1.807, 2.05) is 36.4 Å². The molecule has 0 unspecified atom stereocenters. The molecule has 0 saturated carbocycles. The molecular formula is C17H17N3O. The molecule has 106 valence electrons. The number of nitrogens with one attached hydrogen (secondary N) is 1. The largest absolute Gasteiger partial charge is 0.494 e. The Labute approximate surface area is 123 Å². The molecule has 2 aromatic heterocycles. The first-order chi connectivity index (χ1) is 10.4. The van der Waals surface area contributed by atoms with Gasteiger partial charge in [-0.05, 0) is 29.8 Å². The topological polar surface area (TPSA) is 47.0 Å². The number of nitrogens with zero attached hydrogens (tertiary/aromatic N) is 2. The van der Waals surface area contributed by atoms with E-state index in [9.17, 15) is 0 Å². The quantitative estimate of drug-likeness (QED) is 0.780. The summed E-state index contributed by atoms with van der Waals surface area (Å²) in [6.07, 6.45) is 3.60. The van der Waals surface area contributed by atoms with Crippen LogP contribution in [0.3, 0.4) is 0 Å². The molecule has 1 N–H and O–H groups in total. The van der Waals surface area contributed by atoms with Crippen molar-refractivity contribution in [1.29, 1.82) is 0 Å². The van der Waals surface area contributed by atoms with Gasteiger partial charge in [0.2, 0.25) is 0 Å². The molecule has 1 aromatic carbocycles. The van der Waals surface area contributed by atoms with Gasteiger partial charge in [0.15, 0.2) is 0 Å². The van der Waals surface area contributed by atoms with Gasteiger partial charge in [0.25, 0.3) is 0 Å². The molecule has 0 aliphatic carbocycles. The molecule has 0 saturated heterocycles. The summed E-state index contributed by atoms with van der Waals surface area (Å²) in [6.45, 7) is 1.52. The van der Waals surface area contributed by atoms with E-state index in [0.29, 0.717) is 0 Å². The van der Waals surface area contributed by atoms with Crippen LogP contribution in [0.1, 0.15) is 11.3 Å². The fraction of sp³-hybridized carbons (Fsp3) is 0.176. The van der Waals surface area contributed by atoms with E-state index < -0.39 is 0 Å². The molecular weight excluding hydrogens is 262 g/mol. The third-order valence-electron chi connectivity index (χ3n) is 3.35. The molecule has 4 heteroatoms. The highest BCUT2D eigenvalue weighted by atomic mass is 16.5. The van der Waals surface area contributed by atoms with Crippen LogP contribution in [-0.4, -0.2) is 17.1 Å². The molecule has 21 heavy (non-hydrogen) atoms. The van der Waals surface area contributed by atoms with Crippen molar-refractivity contribution >= 4 is 10.9 Å². The van der Waals surface area contributed by atoms with Crippen molar-refractivity contribution in [2.75, 3.05) is 7.11 Å². The van der Waals surface area contributed by atoms with E-state index >= 15 is 0 Å². The van der Waals surface area contributed by atoms with E-state index in [4.69, 9.17) is 4.74 Å². The zero-order valence-electron chi connectivity index (χ0n) is 11.9. The van der Waals surface area contributed by atoms with Gasteiger partial charge in [0, 0.05) is 30.9 Å². The van der Waals surface area contributed by atoms with Gasteiger partial charge < -0.3 is 10.1 Å². The second-order valence-corrected chi connectivity index (χ2v) is 4.79. The van der Waals surface area contributed by atoms with E-state index in [0.717, 1.165) is 35.4 Å². The van der Waals surface area contributed by atoms with Crippen molar-refractivity contribution in [1.82, 2.24) is 15.3 Å². The summed E-state index contributed by atoms with van der Waals surface area (Å²) in [7, 11) is 1.67. The monoisotopic (exact) mass is 279 g/mol. The second kappa shape index (κ2) is 6.33. The third kappa shape index (κ3) is 3.17. The van der Waals surface area contributed by atoms with Crippen LogP contribution in [-0.2, 0) is 13.1 Å². The first kappa shape index (κ1) is 13.5. The SMILES string of the molecule is COc1cccc2ccc(CNCc3ccncc3)nc12. The molecule has 0 radical (unpaired) electrons. The van der Waals surface area contributed by atoms with Crippen LogP contribution >= 0.6 is 0 Å². The molecule has 0 bridgehead atoms. The standard InChI is InChI=1S/C17H17N3O/c1-21-16-4-2-3-14-5-6-15(20-17(14)16)12-19-11-13-7-9-18-10-8-13/h2-10,19H,11-12H2,1H3. The molecule has 0 aliphatic rings. The summed E-state index contributed by atoms with van der Waals surface area (Å²) in [5, 5.41) is 4.48. The number of fused-ring (bicyclic) bond motifs is 1. The van der Waals surface area contributed by atoms with E-state index in [1.54, 1.807) is 19.5 Å². The lowest BCUT2D eigenvalue weighted by atomic mass is 10.2. The average molecular weight is 279 g/mol. The number of hydrogen-bond acceptors (Lipinski definition) is 4. The number of para-hydroxylation sites is 1. The Morgan fingerprint density at radius 1 is 1.00 bits per heavy atom. The van der Waals surface area contributed by atoms with Gasteiger partial charge in [-0.1, -0.05) is 18.2 Å². The van der Waals surface area contributed by atoms with Gasteiger partial charge in [0.05, 0.1) is 12.8 Å². The number of aromatic nitrogens is 2. The van der Waals surface area contributed by atoms with E-state index in [-0.39, 0.29) is 0 Å². The number of ether oxygens (including phenoxy) is 1. The van der Waals surface area contributed by atoms with Crippen LogP contribution in [0.4, 0.5) is 0 Å². The maximum absolute atomic E-state index is 5.37. The van der Waals surface area contributed by atoms with Crippen LogP contribution in [0.2, 0.25) is 0 Å². The minimum atomic E-state index is 0.719. The second-order valence-electron chi connectivity index (χ2n) is 4.79. The Kier molecular flexibility index (Phi) is 4.07. The fourth-order valence-electron chi connectivity index (χ4n) is 2.26. The summed E-state index contributed by atoms with van der Waals surface area (Å²) in [6, 6.07) is 14.1. The molecule has 3 aromatic rings. The maximum atomic E-state index is 5.37. The molecule has 0 atom stereocenters. The Bertz CT molecular complexity index is 728. The normalized spacial score (nSPS) is 10.7. The lowest BCUT2D eigenvalue weighted by Gasteiger charge is -2.08. The zero-order chi connectivity index (χ0) is 14.5. The predicted molar refractivity (Wildman–Crippen MR) is 83.1 cm³/mol. The van der Waals surface area contributed by atoms with Crippen molar-refractivity contribution < 1.29 is 4.74 Å². The summed E-state index contributed by atoms with van der Waals surface area (Å²) >= 11 is 0. The Hall–Kier alpha value is -2.46. The molecule has 0 aliphatic heterocycles. The minimum absolute atomic E-state index is 0.719. The van der Waals surface area contributed by atoms with Crippen LogP contribution in [0.15, 0.2) is 54.9 Å². The van der Waals surface area contributed by atoms with Gasteiger partial charge in [-0.25, -0.2) is 4.98 Å². The molecule has 0 amide bonds. The molecule has 0 fully saturated rings. The van der Waals surface area contributed by atoms with Crippen molar-refractivity contribution in [2.45, 2.75) is 13.1 Å². The van der Waals surface area contributed by atoms with Gasteiger partial charge in [-0.15, -0.1) is 0 Å². The van der Waals surface area contributed by atoms with Crippen molar-refractivity contribution in [3.63, 3.8) is 0 Å². The zero-order valence-corrected chi connectivity index (χ0v) is 11.9. The summed E-state index contributed by atoms with van der Waals surface area (Å²) in [4.78, 5) is 8.69. The van der Waals surface area contributed by atoms with Crippen LogP contribution in [0, 0.1) is 0 Å². The minimum Gasteiger partial charge on any atom is -0.494 e. The molecule has 4 nitrogen and oxygen atoms in total. The van der Waals surface area contributed by atoms with Gasteiger partial charge in [0.1, 0.15) is 11.3 Å². The lowest BCUT2D eigenvalue weighted by molar-refractivity contribution is 0.418. The van der Waals surface area contributed by atoms with Crippen molar-refractivity contribution in [3.8, 4) is 5.75 Å². The van der Waals surface area contributed by atoms with E-state index in [1.165, 1.54) is 5.56 Å². The number of pyridine rings is 2. The van der Waals surface area contributed by atoms with Crippen LogP contribution in [0.5, 0.6) is 5.75 Å². The van der Waals surface area contributed by atoms with Gasteiger partial charge >= 0.3 is 0 Å². The molecule has 3 rings (SSSR count). The number of benzene rings is 1. The van der Waals surface area contributed by atoms with Gasteiger partial charge in [-0.3, -0.25) is 4.98 Å². The Balaban J connectivity index is 1.72. The van der Waals surface area contributed by atoms with Crippen molar-refractivity contribution in [2.24, 2.45) is 0 Å². The summed E-state index contributed by atoms with van der Waals surface area (Å²) < 4.78 is 5.37. The lowest BCUT2D eigenvalue weighted by Crippen LogP contribution is -2.13.